The third-order valence-electron chi connectivity index (χ3n) is 10.5. The van der Waals surface area contributed by atoms with Crippen molar-refractivity contribution in [2.75, 3.05) is 29.5 Å². The van der Waals surface area contributed by atoms with E-state index in [4.69, 9.17) is 9.47 Å². The summed E-state index contributed by atoms with van der Waals surface area (Å²) in [5.41, 5.74) is 2.39. The maximum Gasteiger partial charge on any atom is 0.304 e. The lowest BCUT2D eigenvalue weighted by Crippen LogP contribution is -2.55. The fraction of sp³-hybridized carbons (Fsp3) is 0.500. The zero-order valence-corrected chi connectivity index (χ0v) is 32.4. The molecule has 3 heterocycles. The van der Waals surface area contributed by atoms with Crippen LogP contribution in [0.3, 0.4) is 0 Å². The Balaban J connectivity index is 1.54. The van der Waals surface area contributed by atoms with Crippen LogP contribution in [0.25, 0.3) is 0 Å². The van der Waals surface area contributed by atoms with Crippen molar-refractivity contribution in [3.8, 4) is 0 Å². The average Bonchev–Trinajstić information content (AvgIpc) is 3.49. The molecule has 0 aromatic heterocycles. The standard InChI is InChI=1S/C40H52FN3O7Si/c1-26(2)12-11-13-27(3)18-19-43-33-17-16-31(44-36(48)24-37(44)50-29(5)46)22-32(33)40(39(43)49)28(4)38(52(6,7)41)34(51-40)23-35(47)42(20-21-45)25-30-14-9-8-10-15-30/h8-10,12,14-18,22,28,34,37-38,45H,11,13,19-21,23-25H2,1-7H3/b27-18+/t28-,34+,37?,38-,40+/m0/s1. The molecule has 1 unspecified atom stereocenters. The predicted octanol–water partition coefficient (Wildman–Crippen LogP) is 6.54. The third kappa shape index (κ3) is 7.94. The van der Waals surface area contributed by atoms with E-state index < -0.39 is 43.8 Å². The monoisotopic (exact) mass is 733 g/mol. The van der Waals surface area contributed by atoms with Gasteiger partial charge in [-0.1, -0.05) is 60.6 Å². The highest BCUT2D eigenvalue weighted by atomic mass is 28.4. The van der Waals surface area contributed by atoms with Crippen LogP contribution >= 0.6 is 0 Å². The predicted molar refractivity (Wildman–Crippen MR) is 200 cm³/mol. The van der Waals surface area contributed by atoms with Crippen molar-refractivity contribution in [2.24, 2.45) is 5.92 Å². The number of benzene rings is 2. The molecule has 12 heteroatoms. The number of carbonyl (C=O) groups is 4. The van der Waals surface area contributed by atoms with E-state index in [1.54, 1.807) is 41.1 Å². The van der Waals surface area contributed by atoms with E-state index in [9.17, 15) is 24.3 Å². The van der Waals surface area contributed by atoms with Gasteiger partial charge in [0.05, 0.1) is 31.2 Å². The van der Waals surface area contributed by atoms with Crippen molar-refractivity contribution in [2.45, 2.75) is 103 Å². The minimum atomic E-state index is -3.60. The zero-order valence-electron chi connectivity index (χ0n) is 31.4. The minimum Gasteiger partial charge on any atom is -0.441 e. The molecule has 5 atom stereocenters. The number of amides is 3. The van der Waals surface area contributed by atoms with Crippen molar-refractivity contribution in [1.29, 1.82) is 0 Å². The van der Waals surface area contributed by atoms with E-state index in [1.165, 1.54) is 17.4 Å². The number of esters is 1. The first kappa shape index (κ1) is 39.1. The van der Waals surface area contributed by atoms with Gasteiger partial charge in [-0.2, -0.15) is 0 Å². The van der Waals surface area contributed by atoms with E-state index in [0.29, 0.717) is 16.9 Å². The van der Waals surface area contributed by atoms with Crippen LogP contribution in [-0.4, -0.2) is 74.1 Å². The smallest absolute Gasteiger partial charge is 0.304 e. The third-order valence-corrected chi connectivity index (χ3v) is 12.9. The molecule has 0 bridgehead atoms. The van der Waals surface area contributed by atoms with Crippen molar-refractivity contribution in [1.82, 2.24) is 4.90 Å². The molecule has 2 fully saturated rings. The molecule has 0 aliphatic carbocycles. The Kier molecular flexibility index (Phi) is 11.9. The van der Waals surface area contributed by atoms with Crippen molar-refractivity contribution in [3.05, 3.63) is 83.0 Å². The van der Waals surface area contributed by atoms with Gasteiger partial charge in [0.25, 0.3) is 5.91 Å². The molecule has 3 aliphatic heterocycles. The number of aliphatic hydroxyl groups is 1. The molecule has 1 spiro atoms. The minimum absolute atomic E-state index is 0.0395. The van der Waals surface area contributed by atoms with Gasteiger partial charge in [-0.05, 0) is 70.5 Å². The summed E-state index contributed by atoms with van der Waals surface area (Å²) in [4.78, 5) is 58.1. The highest BCUT2D eigenvalue weighted by Crippen LogP contribution is 2.60. The second-order valence-electron chi connectivity index (χ2n) is 15.0. The van der Waals surface area contributed by atoms with Crippen LogP contribution in [-0.2, 0) is 40.8 Å². The Morgan fingerprint density at radius 2 is 1.81 bits per heavy atom. The molecule has 280 valence electrons. The normalized spacial score (nSPS) is 24.2. The lowest BCUT2D eigenvalue weighted by Gasteiger charge is -2.39. The molecule has 2 aromatic rings. The molecule has 3 amide bonds. The van der Waals surface area contributed by atoms with Crippen LogP contribution in [0, 0.1) is 5.92 Å². The number of hydrogen-bond acceptors (Lipinski definition) is 7. The van der Waals surface area contributed by atoms with Gasteiger partial charge < -0.3 is 28.5 Å². The van der Waals surface area contributed by atoms with Gasteiger partial charge in [-0.3, -0.25) is 24.1 Å². The van der Waals surface area contributed by atoms with Crippen molar-refractivity contribution in [3.63, 3.8) is 0 Å². The summed E-state index contributed by atoms with van der Waals surface area (Å²) in [5.74, 6) is -2.08. The Hall–Kier alpha value is -4.13. The quantitative estimate of drug-likeness (QED) is 0.0771. The maximum absolute atomic E-state index is 16.6. The second-order valence-corrected chi connectivity index (χ2v) is 18.8. The fourth-order valence-electron chi connectivity index (χ4n) is 8.01. The Morgan fingerprint density at radius 1 is 1.10 bits per heavy atom. The Labute approximate surface area is 307 Å². The van der Waals surface area contributed by atoms with Gasteiger partial charge in [-0.15, -0.1) is 0 Å². The highest BCUT2D eigenvalue weighted by molar-refractivity contribution is 6.72. The average molecular weight is 734 g/mol. The van der Waals surface area contributed by atoms with E-state index in [0.717, 1.165) is 24.0 Å². The van der Waals surface area contributed by atoms with Gasteiger partial charge in [0.2, 0.25) is 20.2 Å². The summed E-state index contributed by atoms with van der Waals surface area (Å²) in [6.07, 6.45) is 4.06. The van der Waals surface area contributed by atoms with Crippen molar-refractivity contribution >= 4 is 43.5 Å². The number of carbonyl (C=O) groups excluding carboxylic acids is 4. The summed E-state index contributed by atoms with van der Waals surface area (Å²) in [5, 5.41) is 9.84. The molecule has 0 radical (unpaired) electrons. The van der Waals surface area contributed by atoms with Crippen LogP contribution in [0.15, 0.2) is 71.8 Å². The number of ether oxygens (including phenoxy) is 2. The topological polar surface area (TPSA) is 117 Å². The van der Waals surface area contributed by atoms with E-state index in [2.05, 4.69) is 19.9 Å². The molecule has 1 N–H and O–H groups in total. The summed E-state index contributed by atoms with van der Waals surface area (Å²) in [6, 6.07) is 14.6. The Bertz CT molecular complexity index is 1740. The van der Waals surface area contributed by atoms with Gasteiger partial charge in [0.1, 0.15) is 0 Å². The number of rotatable bonds is 14. The van der Waals surface area contributed by atoms with Crippen molar-refractivity contribution < 1.29 is 37.9 Å². The first-order valence-corrected chi connectivity index (χ1v) is 21.1. The largest absolute Gasteiger partial charge is 0.441 e. The van der Waals surface area contributed by atoms with E-state index >= 15 is 4.11 Å². The molecule has 2 saturated heterocycles. The maximum atomic E-state index is 16.6. The summed E-state index contributed by atoms with van der Waals surface area (Å²) >= 11 is 0. The van der Waals surface area contributed by atoms with Gasteiger partial charge >= 0.3 is 5.97 Å². The van der Waals surface area contributed by atoms with Gasteiger partial charge in [0, 0.05) is 49.3 Å². The van der Waals surface area contributed by atoms with E-state index in [-0.39, 0.29) is 56.8 Å². The molecular formula is C40H52FN3O7Si. The lowest BCUT2D eigenvalue weighted by molar-refractivity contribution is -0.154. The van der Waals surface area contributed by atoms with Gasteiger partial charge in [-0.25, -0.2) is 0 Å². The number of nitrogens with zero attached hydrogens (tertiary/aromatic N) is 3. The number of allylic oxidation sites excluding steroid dienone is 3. The van der Waals surface area contributed by atoms with Crippen LogP contribution < -0.4 is 9.80 Å². The Morgan fingerprint density at radius 3 is 2.42 bits per heavy atom. The zero-order chi connectivity index (χ0) is 38.0. The molecule has 5 rings (SSSR count). The molecular weight excluding hydrogens is 682 g/mol. The summed E-state index contributed by atoms with van der Waals surface area (Å²) in [7, 11) is -3.60. The molecule has 3 aliphatic rings. The first-order chi connectivity index (χ1) is 24.6. The van der Waals surface area contributed by atoms with E-state index in [1.807, 2.05) is 50.3 Å². The number of hydrogen-bond donors (Lipinski definition) is 1. The van der Waals surface area contributed by atoms with Gasteiger partial charge in [0.15, 0.2) is 11.8 Å². The molecule has 2 aromatic carbocycles. The summed E-state index contributed by atoms with van der Waals surface area (Å²) in [6.45, 7) is 12.8. The van der Waals surface area contributed by atoms with Crippen LogP contribution in [0.2, 0.25) is 18.6 Å². The molecule has 52 heavy (non-hydrogen) atoms. The molecule has 10 nitrogen and oxygen atoms in total. The fourth-order valence-corrected chi connectivity index (χ4v) is 10.5. The number of aliphatic hydroxyl groups excluding tert-OH is 1. The second kappa shape index (κ2) is 15.9. The first-order valence-electron chi connectivity index (χ1n) is 18.1. The highest BCUT2D eigenvalue weighted by Gasteiger charge is 2.67. The summed E-state index contributed by atoms with van der Waals surface area (Å²) < 4.78 is 28.8. The van der Waals surface area contributed by atoms with Crippen LogP contribution in [0.1, 0.15) is 71.4 Å². The lowest BCUT2D eigenvalue weighted by atomic mass is 9.82. The van der Waals surface area contributed by atoms with Crippen LogP contribution in [0.5, 0.6) is 0 Å². The SMILES string of the molecule is CC(=O)OC1CC(=O)N1c1ccc2c(c1)[C@@]1(O[C@H](CC(=O)N(CCO)Cc3ccccc3)[C@@H]([Si](C)(C)F)[C@@H]1C)C(=O)N2C/C=C(\C)CCC=C(C)C. The number of halogens is 1. The number of β-lactam (4-membered cyclic amide) rings is 1. The van der Waals surface area contributed by atoms with Crippen LogP contribution in [0.4, 0.5) is 15.5 Å². The number of fused-ring (bicyclic) bond motifs is 2. The number of anilines is 2. The molecule has 0 saturated carbocycles.